The maximum Gasteiger partial charge on any atom is 0.253 e. The van der Waals surface area contributed by atoms with Gasteiger partial charge in [0.25, 0.3) is 11.8 Å². The fraction of sp³-hybridized carbons (Fsp3) is 0.174. The summed E-state index contributed by atoms with van der Waals surface area (Å²) < 4.78 is 5.03. The van der Waals surface area contributed by atoms with Crippen molar-refractivity contribution in [2.75, 3.05) is 7.11 Å². The van der Waals surface area contributed by atoms with Gasteiger partial charge in [0.2, 0.25) is 5.88 Å². The Morgan fingerprint density at radius 3 is 2.66 bits per heavy atom. The summed E-state index contributed by atoms with van der Waals surface area (Å²) in [5.41, 5.74) is 4.84. The first kappa shape index (κ1) is 22.1. The van der Waals surface area contributed by atoms with Crippen LogP contribution in [0.2, 0.25) is 10.0 Å². The molecule has 1 aliphatic rings. The van der Waals surface area contributed by atoms with Crippen molar-refractivity contribution in [2.24, 2.45) is 0 Å². The van der Waals surface area contributed by atoms with E-state index in [9.17, 15) is 9.59 Å². The summed E-state index contributed by atoms with van der Waals surface area (Å²) in [6.07, 6.45) is 1.59. The first-order chi connectivity index (χ1) is 15.5. The van der Waals surface area contributed by atoms with Gasteiger partial charge < -0.3 is 10.1 Å². The van der Waals surface area contributed by atoms with Gasteiger partial charge in [-0.25, -0.2) is 10.5 Å². The van der Waals surface area contributed by atoms with E-state index in [1.54, 1.807) is 60.8 Å². The Morgan fingerprint density at radius 1 is 1.12 bits per heavy atom. The molecule has 164 valence electrons. The fourth-order valence-corrected chi connectivity index (χ4v) is 4.16. The number of hydroxylamine groups is 1. The Labute approximate surface area is 194 Å². The van der Waals surface area contributed by atoms with Gasteiger partial charge in [0, 0.05) is 27.9 Å². The van der Waals surface area contributed by atoms with Crippen molar-refractivity contribution in [1.82, 2.24) is 15.8 Å². The highest BCUT2D eigenvalue weighted by Gasteiger charge is 2.40. The monoisotopic (exact) mass is 471 g/mol. The number of nitrogens with zero attached hydrogens (tertiary/aromatic N) is 1. The molecule has 3 aromatic rings. The largest absolute Gasteiger partial charge is 0.481 e. The topological polar surface area (TPSA) is 89.5 Å². The van der Waals surface area contributed by atoms with E-state index in [2.05, 4.69) is 15.8 Å². The number of hydrogen-bond donors (Lipinski definition) is 2. The van der Waals surface area contributed by atoms with Gasteiger partial charge in [0.1, 0.15) is 6.61 Å². The molecule has 0 unspecified atom stereocenters. The minimum absolute atomic E-state index is 0.107. The van der Waals surface area contributed by atoms with E-state index in [0.29, 0.717) is 32.6 Å². The molecule has 0 bridgehead atoms. The number of nitrogens with one attached hydrogen (secondary N) is 2. The van der Waals surface area contributed by atoms with Crippen LogP contribution in [0.15, 0.2) is 60.8 Å². The molecule has 9 heteroatoms. The van der Waals surface area contributed by atoms with Crippen LogP contribution >= 0.6 is 23.2 Å². The van der Waals surface area contributed by atoms with Crippen molar-refractivity contribution in [3.8, 4) is 5.88 Å². The lowest BCUT2D eigenvalue weighted by atomic mass is 9.80. The van der Waals surface area contributed by atoms with Crippen molar-refractivity contribution in [2.45, 2.75) is 18.6 Å². The van der Waals surface area contributed by atoms with Crippen LogP contribution in [0.4, 0.5) is 0 Å². The molecule has 0 radical (unpaired) electrons. The van der Waals surface area contributed by atoms with E-state index in [1.165, 1.54) is 7.11 Å². The predicted molar refractivity (Wildman–Crippen MR) is 120 cm³/mol. The standard InChI is InChI=1S/C23H19Cl2N3O4/c1-31-19-9-6-13(11-26-19)12-32-28-23(30)20-15-4-2-3-5-16(15)22(29)27-21(20)17-8-7-14(24)10-18(17)25/h2-11,20-21H,12H2,1H3,(H,27,29)(H,28,30)/t20-,21+/m1/s1. The highest BCUT2D eigenvalue weighted by molar-refractivity contribution is 6.35. The molecule has 2 N–H and O–H groups in total. The Morgan fingerprint density at radius 2 is 1.94 bits per heavy atom. The summed E-state index contributed by atoms with van der Waals surface area (Å²) in [5, 5.41) is 3.70. The predicted octanol–water partition coefficient (Wildman–Crippen LogP) is 4.21. The Balaban J connectivity index is 1.58. The van der Waals surface area contributed by atoms with Crippen molar-refractivity contribution in [3.63, 3.8) is 0 Å². The summed E-state index contributed by atoms with van der Waals surface area (Å²) in [4.78, 5) is 35.5. The first-order valence-corrected chi connectivity index (χ1v) is 10.5. The number of carbonyl (C=O) groups excluding carboxylic acids is 2. The SMILES string of the molecule is COc1ccc(CONC(=O)[C@@H]2c3ccccc3C(=O)N[C@H]2c2ccc(Cl)cc2Cl)cn1. The zero-order valence-corrected chi connectivity index (χ0v) is 18.5. The van der Waals surface area contributed by atoms with Crippen LogP contribution in [-0.2, 0) is 16.2 Å². The molecule has 4 rings (SSSR count). The molecule has 0 fully saturated rings. The van der Waals surface area contributed by atoms with Crippen LogP contribution in [0.1, 0.15) is 39.0 Å². The summed E-state index contributed by atoms with van der Waals surface area (Å²) in [7, 11) is 1.53. The number of amides is 2. The number of aromatic nitrogens is 1. The molecular formula is C23H19Cl2N3O4. The Hall–Kier alpha value is -3.13. The molecule has 0 saturated heterocycles. The zero-order valence-electron chi connectivity index (χ0n) is 17.0. The lowest BCUT2D eigenvalue weighted by Crippen LogP contribution is -2.44. The molecule has 0 spiro atoms. The quantitative estimate of drug-likeness (QED) is 0.525. The number of halogens is 2. The minimum Gasteiger partial charge on any atom is -0.481 e. The van der Waals surface area contributed by atoms with Gasteiger partial charge in [-0.05, 0) is 41.0 Å². The van der Waals surface area contributed by atoms with Crippen molar-refractivity contribution >= 4 is 35.0 Å². The molecule has 2 amide bonds. The van der Waals surface area contributed by atoms with Gasteiger partial charge in [0.15, 0.2) is 0 Å². The third-order valence-corrected chi connectivity index (χ3v) is 5.72. The molecule has 2 heterocycles. The van der Waals surface area contributed by atoms with Gasteiger partial charge in [-0.3, -0.25) is 14.4 Å². The third-order valence-electron chi connectivity index (χ3n) is 5.16. The van der Waals surface area contributed by atoms with E-state index in [1.807, 2.05) is 0 Å². The van der Waals surface area contributed by atoms with Gasteiger partial charge in [-0.1, -0.05) is 47.5 Å². The van der Waals surface area contributed by atoms with Crippen LogP contribution < -0.4 is 15.5 Å². The minimum atomic E-state index is -0.767. The molecule has 7 nitrogen and oxygen atoms in total. The maximum absolute atomic E-state index is 13.2. The van der Waals surface area contributed by atoms with Crippen LogP contribution in [-0.4, -0.2) is 23.9 Å². The van der Waals surface area contributed by atoms with Gasteiger partial charge in [-0.2, -0.15) is 0 Å². The van der Waals surface area contributed by atoms with Crippen LogP contribution in [0.3, 0.4) is 0 Å². The number of carbonyl (C=O) groups is 2. The number of benzene rings is 2. The third kappa shape index (κ3) is 4.55. The summed E-state index contributed by atoms with van der Waals surface area (Å²) >= 11 is 12.4. The summed E-state index contributed by atoms with van der Waals surface area (Å²) in [6, 6.07) is 14.7. The van der Waals surface area contributed by atoms with Crippen molar-refractivity contribution < 1.29 is 19.2 Å². The second-order valence-corrected chi connectivity index (χ2v) is 7.99. The van der Waals surface area contributed by atoms with Crippen molar-refractivity contribution in [1.29, 1.82) is 0 Å². The number of fused-ring (bicyclic) bond motifs is 1. The molecule has 0 aliphatic carbocycles. The smallest absolute Gasteiger partial charge is 0.253 e. The molecule has 1 aliphatic heterocycles. The Bertz CT molecular complexity index is 1150. The Kier molecular flexibility index (Phi) is 6.60. The summed E-state index contributed by atoms with van der Waals surface area (Å²) in [5.74, 6) is -0.993. The van der Waals surface area contributed by atoms with E-state index in [4.69, 9.17) is 32.8 Å². The zero-order chi connectivity index (χ0) is 22.7. The highest BCUT2D eigenvalue weighted by Crippen LogP contribution is 2.40. The summed E-state index contributed by atoms with van der Waals surface area (Å²) in [6.45, 7) is 0.107. The lowest BCUT2D eigenvalue weighted by molar-refractivity contribution is -0.137. The average Bonchev–Trinajstić information content (AvgIpc) is 2.79. The first-order valence-electron chi connectivity index (χ1n) is 9.73. The second-order valence-electron chi connectivity index (χ2n) is 7.15. The lowest BCUT2D eigenvalue weighted by Gasteiger charge is -2.33. The normalized spacial score (nSPS) is 17.3. The second kappa shape index (κ2) is 9.56. The van der Waals surface area contributed by atoms with Crippen molar-refractivity contribution in [3.05, 3.63) is 93.1 Å². The van der Waals surface area contributed by atoms with Crippen LogP contribution in [0, 0.1) is 0 Å². The van der Waals surface area contributed by atoms with E-state index >= 15 is 0 Å². The number of ether oxygens (including phenoxy) is 1. The van der Waals surface area contributed by atoms with Gasteiger partial charge in [-0.15, -0.1) is 0 Å². The molecule has 0 saturated carbocycles. The molecular weight excluding hydrogens is 453 g/mol. The van der Waals surface area contributed by atoms with Crippen LogP contribution in [0.25, 0.3) is 0 Å². The molecule has 2 atom stereocenters. The van der Waals surface area contributed by atoms with Gasteiger partial charge in [0.05, 0.1) is 19.1 Å². The van der Waals surface area contributed by atoms with Crippen LogP contribution in [0.5, 0.6) is 5.88 Å². The number of methoxy groups -OCH3 is 1. The fourth-order valence-electron chi connectivity index (χ4n) is 3.63. The maximum atomic E-state index is 13.2. The number of pyridine rings is 1. The van der Waals surface area contributed by atoms with E-state index < -0.39 is 17.9 Å². The van der Waals surface area contributed by atoms with Gasteiger partial charge >= 0.3 is 0 Å². The van der Waals surface area contributed by atoms with E-state index in [-0.39, 0.29) is 12.5 Å². The number of rotatable bonds is 6. The molecule has 2 aromatic carbocycles. The average molecular weight is 472 g/mol. The molecule has 1 aromatic heterocycles. The molecule has 32 heavy (non-hydrogen) atoms. The number of hydrogen-bond acceptors (Lipinski definition) is 5. The highest BCUT2D eigenvalue weighted by atomic mass is 35.5. The van der Waals surface area contributed by atoms with E-state index in [0.717, 1.165) is 5.56 Å².